The average Bonchev–Trinajstić information content (AvgIpc) is 2.15. The molecule has 14 heavy (non-hydrogen) atoms. The molecule has 0 spiro atoms. The lowest BCUT2D eigenvalue weighted by Gasteiger charge is -2.14. The highest BCUT2D eigenvalue weighted by Gasteiger charge is 2.06. The predicted octanol–water partition coefficient (Wildman–Crippen LogP) is 4.04. The Morgan fingerprint density at radius 1 is 1.07 bits per heavy atom. The van der Waals surface area contributed by atoms with Gasteiger partial charge in [-0.15, -0.1) is 6.58 Å². The van der Waals surface area contributed by atoms with E-state index in [0.29, 0.717) is 0 Å². The summed E-state index contributed by atoms with van der Waals surface area (Å²) in [5, 5.41) is 0. The van der Waals surface area contributed by atoms with E-state index in [1.165, 1.54) is 27.8 Å². The van der Waals surface area contributed by atoms with Crippen molar-refractivity contribution in [3.05, 3.63) is 46.5 Å². The monoisotopic (exact) mass is 188 g/mol. The second-order valence-corrected chi connectivity index (χ2v) is 4.07. The summed E-state index contributed by atoms with van der Waals surface area (Å²) < 4.78 is 0. The van der Waals surface area contributed by atoms with E-state index in [9.17, 15) is 0 Å². The van der Waals surface area contributed by atoms with Crippen molar-refractivity contribution in [2.75, 3.05) is 0 Å². The normalized spacial score (nSPS) is 10.3. The molecule has 0 amide bonds. The van der Waals surface area contributed by atoms with Crippen molar-refractivity contribution in [1.82, 2.24) is 0 Å². The molecule has 1 aromatic carbocycles. The molecule has 0 aliphatic carbocycles. The minimum atomic E-state index is 1.07. The lowest BCUT2D eigenvalue weighted by Crippen LogP contribution is -1.98. The van der Waals surface area contributed by atoms with Gasteiger partial charge in [0.25, 0.3) is 0 Å². The van der Waals surface area contributed by atoms with Crippen molar-refractivity contribution in [3.8, 4) is 0 Å². The van der Waals surface area contributed by atoms with E-state index in [0.717, 1.165) is 12.8 Å². The Bertz CT molecular complexity index is 319. The molecule has 0 saturated heterocycles. The molecule has 0 N–H and O–H groups in total. The van der Waals surface area contributed by atoms with Gasteiger partial charge in [-0.05, 0) is 68.4 Å². The van der Waals surface area contributed by atoms with E-state index >= 15 is 0 Å². The smallest absolute Gasteiger partial charge is 0.0239 e. The quantitative estimate of drug-likeness (QED) is 0.628. The number of rotatable bonds is 3. The first-order chi connectivity index (χ1) is 6.57. The van der Waals surface area contributed by atoms with Crippen LogP contribution in [0.15, 0.2) is 18.7 Å². The SMILES string of the molecule is C=CCCc1c(C)c(C)cc(C)c1C. The van der Waals surface area contributed by atoms with E-state index in [1.807, 2.05) is 6.08 Å². The van der Waals surface area contributed by atoms with Crippen LogP contribution in [0.5, 0.6) is 0 Å². The van der Waals surface area contributed by atoms with Gasteiger partial charge in [-0.3, -0.25) is 0 Å². The first-order valence-corrected chi connectivity index (χ1v) is 5.25. The van der Waals surface area contributed by atoms with Gasteiger partial charge >= 0.3 is 0 Å². The summed E-state index contributed by atoms with van der Waals surface area (Å²) in [5.74, 6) is 0. The Morgan fingerprint density at radius 2 is 1.57 bits per heavy atom. The Labute approximate surface area is 87.7 Å². The zero-order valence-corrected chi connectivity index (χ0v) is 9.78. The van der Waals surface area contributed by atoms with E-state index in [-0.39, 0.29) is 0 Å². The summed E-state index contributed by atoms with van der Waals surface area (Å²) in [4.78, 5) is 0. The maximum Gasteiger partial charge on any atom is -0.0239 e. The van der Waals surface area contributed by atoms with Crippen molar-refractivity contribution in [2.45, 2.75) is 40.5 Å². The summed E-state index contributed by atoms with van der Waals surface area (Å²) >= 11 is 0. The number of aryl methyl sites for hydroxylation is 2. The molecule has 0 heteroatoms. The molecular weight excluding hydrogens is 168 g/mol. The molecule has 0 bridgehead atoms. The maximum atomic E-state index is 3.78. The third-order valence-corrected chi connectivity index (χ3v) is 3.12. The molecule has 0 nitrogen and oxygen atoms in total. The van der Waals surface area contributed by atoms with Crippen LogP contribution in [0, 0.1) is 27.7 Å². The Morgan fingerprint density at radius 3 is 2.00 bits per heavy atom. The molecule has 0 aromatic heterocycles. The highest BCUT2D eigenvalue weighted by Crippen LogP contribution is 2.22. The summed E-state index contributed by atoms with van der Waals surface area (Å²) in [7, 11) is 0. The molecule has 0 unspecified atom stereocenters. The summed E-state index contributed by atoms with van der Waals surface area (Å²) in [6.07, 6.45) is 4.20. The van der Waals surface area contributed by atoms with Gasteiger partial charge in [-0.25, -0.2) is 0 Å². The van der Waals surface area contributed by atoms with Crippen LogP contribution < -0.4 is 0 Å². The highest BCUT2D eigenvalue weighted by atomic mass is 14.1. The molecule has 76 valence electrons. The van der Waals surface area contributed by atoms with Crippen LogP contribution in [0.4, 0.5) is 0 Å². The minimum Gasteiger partial charge on any atom is -0.103 e. The summed E-state index contributed by atoms with van der Waals surface area (Å²) in [6, 6.07) is 2.28. The molecule has 0 radical (unpaired) electrons. The summed E-state index contributed by atoms with van der Waals surface area (Å²) in [5.41, 5.74) is 7.24. The van der Waals surface area contributed by atoms with Crippen molar-refractivity contribution in [1.29, 1.82) is 0 Å². The molecule has 0 aliphatic rings. The lowest BCUT2D eigenvalue weighted by atomic mass is 9.91. The molecule has 0 aliphatic heterocycles. The van der Waals surface area contributed by atoms with Crippen molar-refractivity contribution >= 4 is 0 Å². The van der Waals surface area contributed by atoms with Crippen molar-refractivity contribution in [3.63, 3.8) is 0 Å². The van der Waals surface area contributed by atoms with Crippen molar-refractivity contribution < 1.29 is 0 Å². The first-order valence-electron chi connectivity index (χ1n) is 5.25. The standard InChI is InChI=1S/C14H20/c1-6-7-8-14-12(4)10(2)9-11(3)13(14)5/h6,9H,1,7-8H2,2-5H3. The van der Waals surface area contributed by atoms with Crippen LogP contribution in [-0.2, 0) is 6.42 Å². The van der Waals surface area contributed by atoms with Crippen LogP contribution in [0.2, 0.25) is 0 Å². The third-order valence-electron chi connectivity index (χ3n) is 3.12. The zero-order chi connectivity index (χ0) is 10.7. The topological polar surface area (TPSA) is 0 Å². The number of hydrogen-bond donors (Lipinski definition) is 0. The molecule has 1 aromatic rings. The van der Waals surface area contributed by atoms with Gasteiger partial charge in [-0.2, -0.15) is 0 Å². The fourth-order valence-electron chi connectivity index (χ4n) is 1.92. The minimum absolute atomic E-state index is 1.07. The molecule has 1 rings (SSSR count). The Hall–Kier alpha value is -1.04. The molecule has 0 saturated carbocycles. The predicted molar refractivity (Wildman–Crippen MR) is 63.9 cm³/mol. The van der Waals surface area contributed by atoms with Gasteiger partial charge < -0.3 is 0 Å². The van der Waals surface area contributed by atoms with Gasteiger partial charge in [0.2, 0.25) is 0 Å². The van der Waals surface area contributed by atoms with Crippen LogP contribution in [0.25, 0.3) is 0 Å². The van der Waals surface area contributed by atoms with Gasteiger partial charge in [0.05, 0.1) is 0 Å². The van der Waals surface area contributed by atoms with E-state index in [4.69, 9.17) is 0 Å². The van der Waals surface area contributed by atoms with Gasteiger partial charge in [-0.1, -0.05) is 12.1 Å². The highest BCUT2D eigenvalue weighted by molar-refractivity contribution is 5.44. The second-order valence-electron chi connectivity index (χ2n) is 4.07. The zero-order valence-electron chi connectivity index (χ0n) is 9.78. The first kappa shape index (κ1) is 11.0. The van der Waals surface area contributed by atoms with Crippen LogP contribution >= 0.6 is 0 Å². The van der Waals surface area contributed by atoms with Gasteiger partial charge in [0.1, 0.15) is 0 Å². The van der Waals surface area contributed by atoms with Gasteiger partial charge in [0, 0.05) is 0 Å². The fraction of sp³-hybridized carbons (Fsp3) is 0.429. The number of allylic oxidation sites excluding steroid dienone is 1. The van der Waals surface area contributed by atoms with E-state index < -0.39 is 0 Å². The molecular formula is C14H20. The third kappa shape index (κ3) is 2.06. The maximum absolute atomic E-state index is 3.78. The lowest BCUT2D eigenvalue weighted by molar-refractivity contribution is 0.962. The molecule has 0 atom stereocenters. The Kier molecular flexibility index (Phi) is 3.51. The molecule has 0 heterocycles. The van der Waals surface area contributed by atoms with Gasteiger partial charge in [0.15, 0.2) is 0 Å². The second kappa shape index (κ2) is 4.45. The Balaban J connectivity index is 3.17. The summed E-state index contributed by atoms with van der Waals surface area (Å²) in [6.45, 7) is 12.6. The number of hydrogen-bond acceptors (Lipinski definition) is 0. The van der Waals surface area contributed by atoms with E-state index in [1.54, 1.807) is 0 Å². The van der Waals surface area contributed by atoms with Crippen LogP contribution in [0.3, 0.4) is 0 Å². The fourth-order valence-corrected chi connectivity index (χ4v) is 1.92. The van der Waals surface area contributed by atoms with Crippen molar-refractivity contribution in [2.24, 2.45) is 0 Å². The van der Waals surface area contributed by atoms with Crippen LogP contribution in [0.1, 0.15) is 34.2 Å². The number of benzene rings is 1. The van der Waals surface area contributed by atoms with Crippen LogP contribution in [-0.4, -0.2) is 0 Å². The van der Waals surface area contributed by atoms with E-state index in [2.05, 4.69) is 40.3 Å². The molecule has 0 fully saturated rings. The largest absolute Gasteiger partial charge is 0.103 e. The average molecular weight is 188 g/mol.